The maximum absolute atomic E-state index is 14.9. The van der Waals surface area contributed by atoms with Gasteiger partial charge in [-0.2, -0.15) is 0 Å². The van der Waals surface area contributed by atoms with E-state index in [0.29, 0.717) is 17.7 Å². The molecule has 3 aromatic rings. The maximum atomic E-state index is 14.9. The molecule has 5 rings (SSSR count). The highest BCUT2D eigenvalue weighted by Gasteiger charge is 2.50. The Morgan fingerprint density at radius 1 is 1.17 bits per heavy atom. The van der Waals surface area contributed by atoms with E-state index in [4.69, 9.17) is 4.74 Å². The average Bonchev–Trinajstić information content (AvgIpc) is 3.34. The normalized spacial score (nSPS) is 28.0. The highest BCUT2D eigenvalue weighted by Crippen LogP contribution is 2.40. The minimum absolute atomic E-state index is 0.0545. The van der Waals surface area contributed by atoms with Crippen molar-refractivity contribution < 1.29 is 14.2 Å². The third-order valence-corrected chi connectivity index (χ3v) is 6.09. The fourth-order valence-corrected chi connectivity index (χ4v) is 4.18. The number of aromatic hydroxyl groups is 1. The summed E-state index contributed by atoms with van der Waals surface area (Å²) in [5.74, 6) is 0.318. The van der Waals surface area contributed by atoms with Gasteiger partial charge in [0.25, 0.3) is 0 Å². The van der Waals surface area contributed by atoms with E-state index in [2.05, 4.69) is 33.4 Å². The van der Waals surface area contributed by atoms with E-state index in [-0.39, 0.29) is 23.2 Å². The smallest absolute Gasteiger partial charge is 0.233 e. The van der Waals surface area contributed by atoms with Gasteiger partial charge in [0.2, 0.25) is 5.88 Å². The number of halogens is 1. The lowest BCUT2D eigenvalue weighted by atomic mass is 9.88. The van der Waals surface area contributed by atoms with E-state index in [1.165, 1.54) is 0 Å². The van der Waals surface area contributed by atoms with Crippen LogP contribution in [-0.2, 0) is 0 Å². The van der Waals surface area contributed by atoms with Crippen LogP contribution in [0, 0.1) is 0 Å². The van der Waals surface area contributed by atoms with E-state index in [0.717, 1.165) is 5.69 Å². The molecule has 4 atom stereocenters. The van der Waals surface area contributed by atoms with Crippen molar-refractivity contribution in [2.24, 2.45) is 0 Å². The van der Waals surface area contributed by atoms with Crippen LogP contribution in [0.5, 0.6) is 11.6 Å². The molecule has 0 spiro atoms. The third kappa shape index (κ3) is 3.02. The van der Waals surface area contributed by atoms with Gasteiger partial charge in [-0.3, -0.25) is 9.47 Å². The van der Waals surface area contributed by atoms with E-state index in [1.807, 2.05) is 24.1 Å². The number of hydrogen-bond donors (Lipinski definition) is 1. The number of ether oxygens (including phenoxy) is 1. The molecule has 0 saturated carbocycles. The summed E-state index contributed by atoms with van der Waals surface area (Å²) in [5.41, 5.74) is 1.53. The van der Waals surface area contributed by atoms with Crippen molar-refractivity contribution in [2.45, 2.75) is 37.2 Å². The molecule has 2 bridgehead atoms. The number of nitrogens with zero attached hydrogens (tertiary/aromatic N) is 6. The molecule has 0 unspecified atom stereocenters. The largest absolute Gasteiger partial charge is 0.507 e. The Morgan fingerprint density at radius 3 is 2.67 bits per heavy atom. The molecule has 1 fully saturated rings. The molecule has 0 aliphatic carbocycles. The molecule has 8 nitrogen and oxygen atoms in total. The van der Waals surface area contributed by atoms with Gasteiger partial charge in [-0.1, -0.05) is 12.2 Å². The molecule has 9 heteroatoms. The standard InChI is InChI=1S/C21H21FN6O2/c1-21-8-7-16(27(21)2)20(22)18(10-21)30-19-6-5-15(25-26-19)14-4-3-13(9-17(14)29)28-11-23-24-12-28/h3-9,11-12,16,18,20,29H,10H2,1-2H3/t16-,18+,20-,21+/m1/s1. The van der Waals surface area contributed by atoms with Crippen molar-refractivity contribution in [3.8, 4) is 28.6 Å². The maximum Gasteiger partial charge on any atom is 0.233 e. The Balaban J connectivity index is 1.33. The lowest BCUT2D eigenvalue weighted by Gasteiger charge is -2.45. The Kier molecular flexibility index (Phi) is 4.28. The van der Waals surface area contributed by atoms with E-state index < -0.39 is 12.3 Å². The number of piperidine rings is 1. The lowest BCUT2D eigenvalue weighted by molar-refractivity contribution is -0.0365. The van der Waals surface area contributed by atoms with Crippen LogP contribution in [0.4, 0.5) is 4.39 Å². The minimum atomic E-state index is -1.14. The van der Waals surface area contributed by atoms with Gasteiger partial charge in [0.15, 0.2) is 6.17 Å². The zero-order valence-corrected chi connectivity index (χ0v) is 16.6. The van der Waals surface area contributed by atoms with Gasteiger partial charge in [-0.15, -0.1) is 20.4 Å². The molecule has 1 N–H and O–H groups in total. The van der Waals surface area contributed by atoms with Gasteiger partial charge in [-0.05, 0) is 32.2 Å². The summed E-state index contributed by atoms with van der Waals surface area (Å²) in [6.45, 7) is 2.08. The molecule has 0 amide bonds. The molecular formula is C21H21FN6O2. The number of alkyl halides is 1. The minimum Gasteiger partial charge on any atom is -0.507 e. The van der Waals surface area contributed by atoms with E-state index in [1.54, 1.807) is 41.5 Å². The first kappa shape index (κ1) is 18.7. The third-order valence-electron chi connectivity index (χ3n) is 6.09. The van der Waals surface area contributed by atoms with E-state index in [9.17, 15) is 9.50 Å². The van der Waals surface area contributed by atoms with Crippen LogP contribution in [0.15, 0.2) is 55.1 Å². The summed E-state index contributed by atoms with van der Waals surface area (Å²) in [5, 5.41) is 26.2. The average molecular weight is 408 g/mol. The molecule has 1 aromatic carbocycles. The van der Waals surface area contributed by atoms with Gasteiger partial charge >= 0.3 is 0 Å². The number of phenolic OH excluding ortho intramolecular Hbond substituents is 1. The first-order valence-corrected chi connectivity index (χ1v) is 9.70. The predicted molar refractivity (Wildman–Crippen MR) is 107 cm³/mol. The van der Waals surface area contributed by atoms with Gasteiger partial charge < -0.3 is 9.84 Å². The summed E-state index contributed by atoms with van der Waals surface area (Å²) >= 11 is 0. The Bertz CT molecular complexity index is 1090. The second kappa shape index (κ2) is 6.88. The summed E-state index contributed by atoms with van der Waals surface area (Å²) in [7, 11) is 1.93. The number of rotatable bonds is 4. The number of hydrogen-bond acceptors (Lipinski definition) is 7. The fraction of sp³-hybridized carbons (Fsp3) is 0.333. The van der Waals surface area contributed by atoms with Gasteiger partial charge in [-0.25, -0.2) is 4.39 Å². The highest BCUT2D eigenvalue weighted by atomic mass is 19.1. The van der Waals surface area contributed by atoms with Crippen molar-refractivity contribution in [2.75, 3.05) is 7.05 Å². The zero-order valence-electron chi connectivity index (χ0n) is 16.6. The number of likely N-dealkylation sites (N-methyl/N-ethyl adjacent to an activating group) is 1. The van der Waals surface area contributed by atoms with Crippen molar-refractivity contribution in [3.05, 3.63) is 55.1 Å². The van der Waals surface area contributed by atoms with E-state index >= 15 is 0 Å². The molecule has 2 aliphatic rings. The van der Waals surface area contributed by atoms with Crippen molar-refractivity contribution in [3.63, 3.8) is 0 Å². The van der Waals surface area contributed by atoms with Crippen LogP contribution >= 0.6 is 0 Å². The van der Waals surface area contributed by atoms with Gasteiger partial charge in [0, 0.05) is 29.7 Å². The molecule has 30 heavy (non-hydrogen) atoms. The molecule has 2 aliphatic heterocycles. The van der Waals surface area contributed by atoms with Crippen LogP contribution in [0.1, 0.15) is 13.3 Å². The Labute approximate surface area is 172 Å². The van der Waals surface area contributed by atoms with Gasteiger partial charge in [0.05, 0.1) is 17.4 Å². The Morgan fingerprint density at radius 2 is 1.97 bits per heavy atom. The summed E-state index contributed by atoms with van der Waals surface area (Å²) in [4.78, 5) is 2.04. The molecular weight excluding hydrogens is 387 g/mol. The van der Waals surface area contributed by atoms with Crippen LogP contribution in [0.25, 0.3) is 16.9 Å². The van der Waals surface area contributed by atoms with Crippen molar-refractivity contribution >= 4 is 0 Å². The summed E-state index contributed by atoms with van der Waals surface area (Å²) in [6.07, 6.45) is 5.85. The van der Waals surface area contributed by atoms with Crippen LogP contribution in [0.2, 0.25) is 0 Å². The molecule has 4 heterocycles. The predicted octanol–water partition coefficient (Wildman–Crippen LogP) is 2.55. The fourth-order valence-electron chi connectivity index (χ4n) is 4.18. The topological polar surface area (TPSA) is 89.2 Å². The summed E-state index contributed by atoms with van der Waals surface area (Å²) < 4.78 is 22.4. The highest BCUT2D eigenvalue weighted by molar-refractivity contribution is 5.68. The van der Waals surface area contributed by atoms with Crippen LogP contribution in [-0.4, -0.2) is 65.9 Å². The molecule has 2 aromatic heterocycles. The van der Waals surface area contributed by atoms with Crippen LogP contribution in [0.3, 0.4) is 0 Å². The first-order valence-electron chi connectivity index (χ1n) is 9.70. The summed E-state index contributed by atoms with van der Waals surface area (Å²) in [6, 6.07) is 8.22. The van der Waals surface area contributed by atoms with Crippen molar-refractivity contribution in [1.82, 2.24) is 29.9 Å². The number of phenols is 1. The zero-order chi connectivity index (χ0) is 20.9. The molecule has 1 saturated heterocycles. The number of aromatic nitrogens is 5. The molecule has 154 valence electrons. The second-order valence-electron chi connectivity index (χ2n) is 7.95. The van der Waals surface area contributed by atoms with Gasteiger partial charge in [0.1, 0.15) is 24.5 Å². The monoisotopic (exact) mass is 408 g/mol. The number of fused-ring (bicyclic) bond motifs is 2. The lowest BCUT2D eigenvalue weighted by Crippen LogP contribution is -2.58. The quantitative estimate of drug-likeness (QED) is 0.664. The van der Waals surface area contributed by atoms with Crippen molar-refractivity contribution in [1.29, 1.82) is 0 Å². The SMILES string of the molecule is CN1[C@@H]2C=C[C@@]1(C)C[C@H](Oc1ccc(-c3ccc(-n4cnnc4)cc3O)nn1)[C@@H]2F. The Hall–Kier alpha value is -3.33. The molecule has 0 radical (unpaired) electrons. The second-order valence-corrected chi connectivity index (χ2v) is 7.95. The number of benzene rings is 1. The first-order chi connectivity index (χ1) is 14.4. The van der Waals surface area contributed by atoms with Crippen LogP contribution < -0.4 is 4.74 Å².